The number of hydrogen-bond donors (Lipinski definition) is 1. The van der Waals surface area contributed by atoms with Gasteiger partial charge in [-0.15, -0.1) is 11.3 Å². The Bertz CT molecular complexity index is 355. The van der Waals surface area contributed by atoms with E-state index in [1.807, 2.05) is 11.6 Å². The minimum Gasteiger partial charge on any atom is -0.378 e. The summed E-state index contributed by atoms with van der Waals surface area (Å²) in [4.78, 5) is 4.31. The summed E-state index contributed by atoms with van der Waals surface area (Å²) in [7, 11) is 0. The molecule has 0 aliphatic heterocycles. The summed E-state index contributed by atoms with van der Waals surface area (Å²) in [6, 6.07) is 0.596. The molecule has 2 rings (SSSR count). The molecule has 4 heteroatoms. The summed E-state index contributed by atoms with van der Waals surface area (Å²) in [6.07, 6.45) is 5.67. The lowest BCUT2D eigenvalue weighted by Gasteiger charge is -2.53. The fourth-order valence-electron chi connectivity index (χ4n) is 2.80. The Labute approximate surface area is 114 Å². The summed E-state index contributed by atoms with van der Waals surface area (Å²) in [5.41, 5.74) is 0.304. The van der Waals surface area contributed by atoms with Crippen LogP contribution in [0.1, 0.15) is 38.6 Å². The SMILES string of the molecule is CCOC1CC(NCCc2nccs2)C1(C)CC. The van der Waals surface area contributed by atoms with Crippen LogP contribution >= 0.6 is 11.3 Å². The van der Waals surface area contributed by atoms with Crippen molar-refractivity contribution in [2.45, 2.75) is 52.2 Å². The summed E-state index contributed by atoms with van der Waals surface area (Å²) in [5.74, 6) is 0. The largest absolute Gasteiger partial charge is 0.378 e. The van der Waals surface area contributed by atoms with E-state index in [2.05, 4.69) is 31.1 Å². The third kappa shape index (κ3) is 2.76. The van der Waals surface area contributed by atoms with E-state index in [0.717, 1.165) is 26.0 Å². The molecule has 1 aromatic heterocycles. The Balaban J connectivity index is 1.76. The standard InChI is InChI=1S/C14H24N2OS/c1-4-14(3)11(10-12(14)17-5-2)15-7-6-13-16-8-9-18-13/h8-9,11-12,15H,4-7,10H2,1-3H3. The Hall–Kier alpha value is -0.450. The Kier molecular flexibility index (Phi) is 4.76. The molecule has 102 valence electrons. The van der Waals surface area contributed by atoms with Crippen molar-refractivity contribution in [2.75, 3.05) is 13.2 Å². The lowest BCUT2D eigenvalue weighted by Crippen LogP contribution is -2.62. The molecule has 18 heavy (non-hydrogen) atoms. The molecule has 1 aliphatic rings. The van der Waals surface area contributed by atoms with Gasteiger partial charge in [0.1, 0.15) is 0 Å². The number of ether oxygens (including phenoxy) is 1. The van der Waals surface area contributed by atoms with Gasteiger partial charge in [0.2, 0.25) is 0 Å². The highest BCUT2D eigenvalue weighted by molar-refractivity contribution is 7.09. The second kappa shape index (κ2) is 6.13. The number of thiazole rings is 1. The van der Waals surface area contributed by atoms with Crippen LogP contribution in [0.4, 0.5) is 0 Å². The van der Waals surface area contributed by atoms with E-state index in [1.54, 1.807) is 11.3 Å². The van der Waals surface area contributed by atoms with E-state index in [0.29, 0.717) is 17.6 Å². The predicted octanol–water partition coefficient (Wildman–Crippen LogP) is 2.87. The van der Waals surface area contributed by atoms with Crippen LogP contribution in [0.15, 0.2) is 11.6 Å². The van der Waals surface area contributed by atoms with Gasteiger partial charge in [0.15, 0.2) is 0 Å². The Morgan fingerprint density at radius 1 is 1.56 bits per heavy atom. The minimum absolute atomic E-state index is 0.304. The van der Waals surface area contributed by atoms with Crippen LogP contribution in [-0.2, 0) is 11.2 Å². The van der Waals surface area contributed by atoms with E-state index in [-0.39, 0.29) is 0 Å². The predicted molar refractivity (Wildman–Crippen MR) is 76.0 cm³/mol. The smallest absolute Gasteiger partial charge is 0.0937 e. The molecule has 3 unspecified atom stereocenters. The molecule has 0 radical (unpaired) electrons. The van der Waals surface area contributed by atoms with Crippen LogP contribution in [0.25, 0.3) is 0 Å². The molecule has 1 fully saturated rings. The lowest BCUT2D eigenvalue weighted by atomic mass is 9.61. The molecule has 3 nitrogen and oxygen atoms in total. The van der Waals surface area contributed by atoms with E-state index in [4.69, 9.17) is 4.74 Å². The van der Waals surface area contributed by atoms with Gasteiger partial charge in [-0.2, -0.15) is 0 Å². The zero-order chi connectivity index (χ0) is 13.0. The monoisotopic (exact) mass is 268 g/mol. The number of nitrogens with one attached hydrogen (secondary N) is 1. The van der Waals surface area contributed by atoms with Crippen LogP contribution in [-0.4, -0.2) is 30.3 Å². The van der Waals surface area contributed by atoms with Crippen molar-refractivity contribution < 1.29 is 4.74 Å². The first-order valence-corrected chi connectivity index (χ1v) is 7.82. The molecule has 1 heterocycles. The van der Waals surface area contributed by atoms with Crippen LogP contribution < -0.4 is 5.32 Å². The second-order valence-corrected chi connectivity index (χ2v) is 6.20. The van der Waals surface area contributed by atoms with Gasteiger partial charge < -0.3 is 10.1 Å². The van der Waals surface area contributed by atoms with Crippen LogP contribution in [0.3, 0.4) is 0 Å². The maximum Gasteiger partial charge on any atom is 0.0937 e. The van der Waals surface area contributed by atoms with Crippen molar-refractivity contribution in [3.05, 3.63) is 16.6 Å². The highest BCUT2D eigenvalue weighted by atomic mass is 32.1. The summed E-state index contributed by atoms with van der Waals surface area (Å²) in [5, 5.41) is 6.94. The summed E-state index contributed by atoms with van der Waals surface area (Å²) < 4.78 is 5.82. The molecule has 1 saturated carbocycles. The molecule has 3 atom stereocenters. The molecular weight excluding hydrogens is 244 g/mol. The molecule has 0 aromatic carbocycles. The fourth-order valence-corrected chi connectivity index (χ4v) is 3.42. The maximum absolute atomic E-state index is 5.82. The van der Waals surface area contributed by atoms with Crippen molar-refractivity contribution in [1.29, 1.82) is 0 Å². The Morgan fingerprint density at radius 2 is 2.39 bits per heavy atom. The van der Waals surface area contributed by atoms with Crippen molar-refractivity contribution in [3.63, 3.8) is 0 Å². The van der Waals surface area contributed by atoms with Crippen molar-refractivity contribution in [2.24, 2.45) is 5.41 Å². The maximum atomic E-state index is 5.82. The zero-order valence-electron chi connectivity index (χ0n) is 11.6. The van der Waals surface area contributed by atoms with E-state index in [1.165, 1.54) is 11.4 Å². The first kappa shape index (κ1) is 14.0. The first-order chi connectivity index (χ1) is 8.70. The van der Waals surface area contributed by atoms with Crippen molar-refractivity contribution in [3.8, 4) is 0 Å². The summed E-state index contributed by atoms with van der Waals surface area (Å²) >= 11 is 1.74. The molecule has 0 bridgehead atoms. The normalized spacial score (nSPS) is 31.3. The highest BCUT2D eigenvalue weighted by Gasteiger charge is 2.50. The molecule has 1 aliphatic carbocycles. The molecule has 1 N–H and O–H groups in total. The van der Waals surface area contributed by atoms with Crippen LogP contribution in [0.5, 0.6) is 0 Å². The topological polar surface area (TPSA) is 34.1 Å². The van der Waals surface area contributed by atoms with E-state index >= 15 is 0 Å². The average Bonchev–Trinajstić information content (AvgIpc) is 2.89. The molecule has 0 saturated heterocycles. The Morgan fingerprint density at radius 3 is 3.00 bits per heavy atom. The van der Waals surface area contributed by atoms with Gasteiger partial charge in [0.25, 0.3) is 0 Å². The van der Waals surface area contributed by atoms with Gasteiger partial charge in [-0.1, -0.05) is 13.8 Å². The van der Waals surface area contributed by atoms with Gasteiger partial charge in [-0.05, 0) is 19.8 Å². The lowest BCUT2D eigenvalue weighted by molar-refractivity contribution is -0.125. The van der Waals surface area contributed by atoms with Gasteiger partial charge in [0.05, 0.1) is 11.1 Å². The zero-order valence-corrected chi connectivity index (χ0v) is 12.4. The average molecular weight is 268 g/mol. The molecule has 0 spiro atoms. The third-order valence-electron chi connectivity index (χ3n) is 4.32. The second-order valence-electron chi connectivity index (χ2n) is 5.22. The molecule has 0 amide bonds. The van der Waals surface area contributed by atoms with Crippen molar-refractivity contribution >= 4 is 11.3 Å². The van der Waals surface area contributed by atoms with Gasteiger partial charge in [-0.25, -0.2) is 4.98 Å². The van der Waals surface area contributed by atoms with Gasteiger partial charge in [0, 0.05) is 42.6 Å². The number of aromatic nitrogens is 1. The summed E-state index contributed by atoms with van der Waals surface area (Å²) in [6.45, 7) is 8.54. The van der Waals surface area contributed by atoms with Crippen molar-refractivity contribution in [1.82, 2.24) is 10.3 Å². The van der Waals surface area contributed by atoms with Crippen LogP contribution in [0.2, 0.25) is 0 Å². The van der Waals surface area contributed by atoms with E-state index in [9.17, 15) is 0 Å². The molecule has 1 aromatic rings. The minimum atomic E-state index is 0.304. The quantitative estimate of drug-likeness (QED) is 0.825. The fraction of sp³-hybridized carbons (Fsp3) is 0.786. The van der Waals surface area contributed by atoms with E-state index < -0.39 is 0 Å². The van der Waals surface area contributed by atoms with Gasteiger partial charge in [-0.3, -0.25) is 0 Å². The highest BCUT2D eigenvalue weighted by Crippen LogP contribution is 2.45. The first-order valence-electron chi connectivity index (χ1n) is 6.94. The van der Waals surface area contributed by atoms with Gasteiger partial charge >= 0.3 is 0 Å². The number of rotatable bonds is 7. The number of hydrogen-bond acceptors (Lipinski definition) is 4. The third-order valence-corrected chi connectivity index (χ3v) is 5.16. The number of nitrogens with zero attached hydrogens (tertiary/aromatic N) is 1. The van der Waals surface area contributed by atoms with Crippen LogP contribution in [0, 0.1) is 5.41 Å². The molecular formula is C14H24N2OS.